The van der Waals surface area contributed by atoms with Crippen LogP contribution in [-0.4, -0.2) is 14.5 Å². The number of para-hydroxylation sites is 2. The normalized spacial score (nSPS) is 14.9. The highest BCUT2D eigenvalue weighted by molar-refractivity contribution is 6.16. The van der Waals surface area contributed by atoms with Gasteiger partial charge in [0.25, 0.3) is 0 Å². The summed E-state index contributed by atoms with van der Waals surface area (Å²) < 4.78 is 2.48. The number of benzene rings is 6. The minimum absolute atomic E-state index is 0.102. The summed E-state index contributed by atoms with van der Waals surface area (Å²) in [6.07, 6.45) is 0. The average Bonchev–Trinajstić information content (AvgIpc) is 3.69. The number of fused-ring (bicyclic) bond motifs is 10. The van der Waals surface area contributed by atoms with Crippen molar-refractivity contribution in [2.75, 3.05) is 0 Å². The van der Waals surface area contributed by atoms with Gasteiger partial charge in [-0.3, -0.25) is 0 Å². The maximum absolute atomic E-state index is 5.50. The summed E-state index contributed by atoms with van der Waals surface area (Å²) in [6, 6.07) is 50.5. The van der Waals surface area contributed by atoms with Crippen molar-refractivity contribution in [3.05, 3.63) is 162 Å². The Morgan fingerprint density at radius 2 is 1.08 bits per heavy atom. The first-order chi connectivity index (χ1) is 23.9. The molecule has 6 aromatic carbocycles. The quantitative estimate of drug-likeness (QED) is 0.195. The van der Waals surface area contributed by atoms with Crippen molar-refractivity contribution in [2.24, 2.45) is 0 Å². The lowest BCUT2D eigenvalue weighted by Crippen LogP contribution is -2.17. The van der Waals surface area contributed by atoms with Gasteiger partial charge in [-0.2, -0.15) is 0 Å². The first kappa shape index (κ1) is 28.2. The zero-order chi connectivity index (χ0) is 33.1. The van der Waals surface area contributed by atoms with E-state index in [1.165, 1.54) is 60.8 Å². The van der Waals surface area contributed by atoms with Crippen LogP contribution in [0.25, 0.3) is 72.5 Å². The van der Waals surface area contributed by atoms with Gasteiger partial charge in [-0.15, -0.1) is 0 Å². The van der Waals surface area contributed by atoms with Gasteiger partial charge in [0, 0.05) is 49.4 Å². The smallest absolute Gasteiger partial charge is 0.162 e. The second-order valence-corrected chi connectivity index (χ2v) is 14.6. The van der Waals surface area contributed by atoms with Crippen molar-refractivity contribution in [3.8, 4) is 50.7 Å². The van der Waals surface area contributed by atoms with Crippen molar-refractivity contribution in [2.45, 2.75) is 38.5 Å². The fourth-order valence-corrected chi connectivity index (χ4v) is 8.89. The Kier molecular flexibility index (Phi) is 5.69. The maximum Gasteiger partial charge on any atom is 0.162 e. The molecule has 0 spiro atoms. The van der Waals surface area contributed by atoms with Crippen LogP contribution < -0.4 is 0 Å². The third kappa shape index (κ3) is 3.73. The van der Waals surface area contributed by atoms with Crippen molar-refractivity contribution in [3.63, 3.8) is 0 Å². The lowest BCUT2D eigenvalue weighted by molar-refractivity contribution is 0.658. The van der Waals surface area contributed by atoms with Crippen LogP contribution in [0.3, 0.4) is 0 Å². The molecule has 8 aromatic rings. The van der Waals surface area contributed by atoms with Crippen LogP contribution in [0.4, 0.5) is 0 Å². The van der Waals surface area contributed by atoms with Crippen LogP contribution >= 0.6 is 0 Å². The zero-order valence-corrected chi connectivity index (χ0v) is 28.1. The van der Waals surface area contributed by atoms with Crippen LogP contribution in [-0.2, 0) is 10.8 Å². The van der Waals surface area contributed by atoms with E-state index in [0.29, 0.717) is 0 Å². The van der Waals surface area contributed by atoms with Crippen molar-refractivity contribution < 1.29 is 0 Å². The molecule has 3 heteroatoms. The SMILES string of the molecule is CC1(C)c2ccccc2-c2c1ccc1c3ccccc3n(-c3ccccc3-c3nc(-c4ccccc4)c4c(n3)-c3ccccc3C4(C)C)c21. The van der Waals surface area contributed by atoms with Crippen LogP contribution in [0.5, 0.6) is 0 Å². The Morgan fingerprint density at radius 1 is 0.469 bits per heavy atom. The van der Waals surface area contributed by atoms with Crippen molar-refractivity contribution in [1.29, 1.82) is 0 Å². The van der Waals surface area contributed by atoms with Crippen LogP contribution in [0.2, 0.25) is 0 Å². The summed E-state index contributed by atoms with van der Waals surface area (Å²) in [7, 11) is 0. The molecule has 0 fully saturated rings. The van der Waals surface area contributed by atoms with Gasteiger partial charge in [0.1, 0.15) is 0 Å². The van der Waals surface area contributed by atoms with E-state index in [-0.39, 0.29) is 10.8 Å². The molecule has 0 unspecified atom stereocenters. The summed E-state index contributed by atoms with van der Waals surface area (Å²) in [4.78, 5) is 11.0. The van der Waals surface area contributed by atoms with Gasteiger partial charge in [0.05, 0.1) is 28.1 Å². The van der Waals surface area contributed by atoms with Gasteiger partial charge < -0.3 is 4.57 Å². The summed E-state index contributed by atoms with van der Waals surface area (Å²) in [6.45, 7) is 9.32. The first-order valence-corrected chi connectivity index (χ1v) is 17.2. The molecule has 2 aliphatic carbocycles. The molecule has 2 aromatic heterocycles. The van der Waals surface area contributed by atoms with Gasteiger partial charge in [-0.25, -0.2) is 9.97 Å². The number of hydrogen-bond acceptors (Lipinski definition) is 2. The van der Waals surface area contributed by atoms with Gasteiger partial charge in [0.15, 0.2) is 5.82 Å². The van der Waals surface area contributed by atoms with E-state index in [1.807, 2.05) is 0 Å². The highest BCUT2D eigenvalue weighted by atomic mass is 15.0. The molecule has 0 saturated heterocycles. The molecule has 49 heavy (non-hydrogen) atoms. The Bertz CT molecular complexity index is 2660. The van der Waals surface area contributed by atoms with Gasteiger partial charge >= 0.3 is 0 Å². The Morgan fingerprint density at radius 3 is 1.88 bits per heavy atom. The highest BCUT2D eigenvalue weighted by Gasteiger charge is 2.41. The minimum Gasteiger partial charge on any atom is -0.308 e. The van der Waals surface area contributed by atoms with E-state index < -0.39 is 0 Å². The first-order valence-electron chi connectivity index (χ1n) is 17.2. The monoisotopic (exact) mass is 629 g/mol. The standard InChI is InChI=1S/C46H35N3/c1-45(2)34-22-12-8-19-31(34)39-36(45)27-26-30-29-18-10-14-24-37(29)49(43(30)39)38-25-15-11-21-33(38)44-47-41(28-16-6-5-7-17-28)40-42(48-44)32-20-9-13-23-35(32)46(40,3)4/h5-27H,1-4H3. The van der Waals surface area contributed by atoms with Crippen LogP contribution in [0.15, 0.2) is 140 Å². The molecular formula is C46H35N3. The Balaban J connectivity index is 1.32. The molecule has 0 radical (unpaired) electrons. The van der Waals surface area contributed by atoms with Gasteiger partial charge in [-0.05, 0) is 40.5 Å². The lowest BCUT2D eigenvalue weighted by atomic mass is 9.81. The van der Waals surface area contributed by atoms with Crippen LogP contribution in [0, 0.1) is 0 Å². The van der Waals surface area contributed by atoms with Gasteiger partial charge in [-0.1, -0.05) is 149 Å². The second-order valence-electron chi connectivity index (χ2n) is 14.6. The molecule has 0 N–H and O–H groups in total. The van der Waals surface area contributed by atoms with E-state index in [9.17, 15) is 0 Å². The van der Waals surface area contributed by atoms with E-state index in [4.69, 9.17) is 9.97 Å². The van der Waals surface area contributed by atoms with E-state index in [0.717, 1.165) is 34.0 Å². The van der Waals surface area contributed by atoms with E-state index >= 15 is 0 Å². The van der Waals surface area contributed by atoms with Crippen LogP contribution in [0.1, 0.15) is 49.9 Å². The zero-order valence-electron chi connectivity index (χ0n) is 28.1. The van der Waals surface area contributed by atoms with E-state index in [2.05, 4.69) is 172 Å². The van der Waals surface area contributed by atoms with E-state index in [1.54, 1.807) is 0 Å². The summed E-state index contributed by atoms with van der Waals surface area (Å²) in [5.74, 6) is 0.736. The molecule has 2 heterocycles. The highest BCUT2D eigenvalue weighted by Crippen LogP contribution is 2.54. The number of hydrogen-bond donors (Lipinski definition) is 0. The molecular weight excluding hydrogens is 595 g/mol. The van der Waals surface area contributed by atoms with Crippen molar-refractivity contribution >= 4 is 21.8 Å². The predicted molar refractivity (Wildman–Crippen MR) is 202 cm³/mol. The second kappa shape index (κ2) is 9.87. The molecule has 0 amide bonds. The Labute approximate surface area is 286 Å². The molecule has 0 aliphatic heterocycles. The molecule has 0 saturated carbocycles. The topological polar surface area (TPSA) is 30.7 Å². The summed E-state index contributed by atoms with van der Waals surface area (Å²) in [5, 5.41) is 2.50. The predicted octanol–water partition coefficient (Wildman–Crippen LogP) is 11.5. The molecule has 3 nitrogen and oxygen atoms in total. The number of aromatic nitrogens is 3. The third-order valence-electron chi connectivity index (χ3n) is 11.2. The van der Waals surface area contributed by atoms with Gasteiger partial charge in [0.2, 0.25) is 0 Å². The summed E-state index contributed by atoms with van der Waals surface area (Å²) >= 11 is 0. The molecule has 234 valence electrons. The molecule has 10 rings (SSSR count). The third-order valence-corrected chi connectivity index (χ3v) is 11.2. The number of nitrogens with zero attached hydrogens (tertiary/aromatic N) is 3. The Hall–Kier alpha value is -5.80. The molecule has 0 atom stereocenters. The fourth-order valence-electron chi connectivity index (χ4n) is 8.89. The molecule has 2 aliphatic rings. The number of rotatable bonds is 3. The maximum atomic E-state index is 5.50. The minimum atomic E-state index is -0.233. The lowest BCUT2D eigenvalue weighted by Gasteiger charge is -2.24. The largest absolute Gasteiger partial charge is 0.308 e. The van der Waals surface area contributed by atoms with Crippen molar-refractivity contribution in [1.82, 2.24) is 14.5 Å². The summed E-state index contributed by atoms with van der Waals surface area (Å²) in [5.41, 5.74) is 16.3. The average molecular weight is 630 g/mol. The fraction of sp³-hybridized carbons (Fsp3) is 0.130. The molecule has 0 bridgehead atoms.